The van der Waals surface area contributed by atoms with Crippen LogP contribution in [-0.2, 0) is 24.0 Å². The van der Waals surface area contributed by atoms with Crippen molar-refractivity contribution < 1.29 is 24.0 Å². The normalized spacial score (nSPS) is 14.0. The molecule has 0 aromatic rings. The first kappa shape index (κ1) is 18.9. The van der Waals surface area contributed by atoms with E-state index in [0.717, 1.165) is 25.7 Å². The highest BCUT2D eigenvalue weighted by Crippen LogP contribution is 2.13. The third-order valence-corrected chi connectivity index (χ3v) is 3.43. The molecule has 0 unspecified atom stereocenters. The fourth-order valence-electron chi connectivity index (χ4n) is 2.08. The molecule has 1 N–H and O–H groups in total. The van der Waals surface area contributed by atoms with E-state index in [-0.39, 0.29) is 25.2 Å². The van der Waals surface area contributed by atoms with Gasteiger partial charge in [0.15, 0.2) is 0 Å². The molecule has 0 bridgehead atoms. The molecule has 0 saturated carbocycles. The molecule has 1 aliphatic rings. The lowest BCUT2D eigenvalue weighted by Crippen LogP contribution is -2.31. The third-order valence-electron chi connectivity index (χ3n) is 3.43. The minimum atomic E-state index is -0.553. The van der Waals surface area contributed by atoms with Crippen LogP contribution in [0.5, 0.6) is 0 Å². The van der Waals surface area contributed by atoms with Crippen molar-refractivity contribution in [2.24, 2.45) is 0 Å². The van der Waals surface area contributed by atoms with Gasteiger partial charge in [0.2, 0.25) is 5.91 Å². The Kier molecular flexibility index (Phi) is 8.01. The second-order valence-electron chi connectivity index (χ2n) is 5.60. The second kappa shape index (κ2) is 9.76. The van der Waals surface area contributed by atoms with Crippen molar-refractivity contribution in [1.82, 2.24) is 10.4 Å². The number of nitrogens with zero attached hydrogens (tertiary/aromatic N) is 1. The van der Waals surface area contributed by atoms with Crippen LogP contribution in [0.25, 0.3) is 0 Å². The van der Waals surface area contributed by atoms with Crippen molar-refractivity contribution in [2.75, 3.05) is 6.54 Å². The van der Waals surface area contributed by atoms with Gasteiger partial charge in [0.05, 0.1) is 0 Å². The summed E-state index contributed by atoms with van der Waals surface area (Å²) >= 11 is 0. The summed E-state index contributed by atoms with van der Waals surface area (Å²) in [5, 5.41) is 3.33. The average Bonchev–Trinajstić information content (AvgIpc) is 2.81. The summed E-state index contributed by atoms with van der Waals surface area (Å²) in [6.07, 6.45) is 4.66. The molecule has 1 fully saturated rings. The predicted molar refractivity (Wildman–Crippen MR) is 82.7 cm³/mol. The maximum Gasteiger partial charge on any atom is 0.333 e. The summed E-state index contributed by atoms with van der Waals surface area (Å²) < 4.78 is 0. The summed E-state index contributed by atoms with van der Waals surface area (Å²) in [7, 11) is 0. The van der Waals surface area contributed by atoms with Gasteiger partial charge >= 0.3 is 5.97 Å². The molecule has 1 aliphatic heterocycles. The van der Waals surface area contributed by atoms with E-state index in [1.54, 1.807) is 6.92 Å². The molecular formula is C16H24N2O5. The van der Waals surface area contributed by atoms with Gasteiger partial charge < -0.3 is 10.2 Å². The van der Waals surface area contributed by atoms with Crippen LogP contribution >= 0.6 is 0 Å². The van der Waals surface area contributed by atoms with E-state index in [1.807, 2.05) is 0 Å². The van der Waals surface area contributed by atoms with Gasteiger partial charge in [0.1, 0.15) is 0 Å². The Morgan fingerprint density at radius 3 is 2.26 bits per heavy atom. The first-order valence-electron chi connectivity index (χ1n) is 7.92. The molecular weight excluding hydrogens is 300 g/mol. The fraction of sp³-hybridized carbons (Fsp3) is 0.625. The molecule has 3 amide bonds. The van der Waals surface area contributed by atoms with E-state index in [2.05, 4.69) is 11.9 Å². The number of hydrogen-bond acceptors (Lipinski definition) is 5. The maximum absolute atomic E-state index is 11.5. The van der Waals surface area contributed by atoms with Crippen LogP contribution in [0.3, 0.4) is 0 Å². The first-order valence-corrected chi connectivity index (χ1v) is 7.92. The van der Waals surface area contributed by atoms with Gasteiger partial charge in [-0.25, -0.2) is 4.79 Å². The van der Waals surface area contributed by atoms with Crippen molar-refractivity contribution in [3.8, 4) is 0 Å². The molecule has 7 heteroatoms. The predicted octanol–water partition coefficient (Wildman–Crippen LogP) is 1.63. The van der Waals surface area contributed by atoms with Crippen molar-refractivity contribution in [3.05, 3.63) is 12.2 Å². The lowest BCUT2D eigenvalue weighted by molar-refractivity contribution is -0.197. The number of amides is 3. The van der Waals surface area contributed by atoms with Gasteiger partial charge in [-0.05, 0) is 19.8 Å². The van der Waals surface area contributed by atoms with Gasteiger partial charge in [0, 0.05) is 31.4 Å². The Balaban J connectivity index is 1.99. The Bertz CT molecular complexity index is 471. The number of hydrogen-bond donors (Lipinski definition) is 1. The molecule has 0 atom stereocenters. The number of hydroxylamine groups is 2. The number of rotatable bonds is 10. The van der Waals surface area contributed by atoms with Gasteiger partial charge in [-0.1, -0.05) is 25.8 Å². The summed E-state index contributed by atoms with van der Waals surface area (Å²) in [5.74, 6) is -1.60. The Morgan fingerprint density at radius 1 is 1.09 bits per heavy atom. The van der Waals surface area contributed by atoms with Crippen LogP contribution in [0.2, 0.25) is 0 Å². The zero-order chi connectivity index (χ0) is 17.2. The monoisotopic (exact) mass is 324 g/mol. The smallest absolute Gasteiger partial charge is 0.333 e. The fourth-order valence-corrected chi connectivity index (χ4v) is 2.08. The highest BCUT2D eigenvalue weighted by atomic mass is 16.7. The van der Waals surface area contributed by atoms with Crippen LogP contribution in [0.4, 0.5) is 0 Å². The van der Waals surface area contributed by atoms with Crippen LogP contribution < -0.4 is 5.32 Å². The van der Waals surface area contributed by atoms with E-state index < -0.39 is 17.8 Å². The highest BCUT2D eigenvalue weighted by molar-refractivity contribution is 6.01. The van der Waals surface area contributed by atoms with Crippen molar-refractivity contribution in [2.45, 2.75) is 58.3 Å². The number of nitrogens with one attached hydrogen (secondary N) is 1. The van der Waals surface area contributed by atoms with E-state index in [1.165, 1.54) is 0 Å². The summed E-state index contributed by atoms with van der Waals surface area (Å²) in [6.45, 7) is 5.84. The molecule has 1 heterocycles. The Labute approximate surface area is 136 Å². The standard InChI is InChI=1S/C16H24N2O5/c1-12(2)16(22)17-11-7-5-3-4-6-8-15(21)23-18-13(19)9-10-14(18)20/h1,3-11H2,2H3,(H,17,22). The highest BCUT2D eigenvalue weighted by Gasteiger charge is 2.32. The van der Waals surface area contributed by atoms with Crippen LogP contribution in [0.15, 0.2) is 12.2 Å². The molecule has 0 aliphatic carbocycles. The summed E-state index contributed by atoms with van der Waals surface area (Å²) in [6, 6.07) is 0. The SMILES string of the molecule is C=C(C)C(=O)NCCCCCCCC(=O)ON1C(=O)CCC1=O. The van der Waals surface area contributed by atoms with Gasteiger partial charge in [0.25, 0.3) is 11.8 Å². The first-order chi connectivity index (χ1) is 10.9. The van der Waals surface area contributed by atoms with E-state index >= 15 is 0 Å². The van der Waals surface area contributed by atoms with E-state index in [4.69, 9.17) is 4.84 Å². The third kappa shape index (κ3) is 7.08. The summed E-state index contributed by atoms with van der Waals surface area (Å²) in [4.78, 5) is 50.1. The van der Waals surface area contributed by atoms with Gasteiger partial charge in [-0.2, -0.15) is 0 Å². The molecule has 0 aromatic carbocycles. The molecule has 1 saturated heterocycles. The van der Waals surface area contributed by atoms with E-state index in [0.29, 0.717) is 23.6 Å². The van der Waals surface area contributed by atoms with Gasteiger partial charge in [-0.15, -0.1) is 5.06 Å². The molecule has 0 radical (unpaired) electrons. The number of unbranched alkanes of at least 4 members (excludes halogenated alkanes) is 4. The zero-order valence-electron chi connectivity index (χ0n) is 13.6. The van der Waals surface area contributed by atoms with E-state index in [9.17, 15) is 19.2 Å². The Hall–Kier alpha value is -2.18. The maximum atomic E-state index is 11.5. The molecule has 23 heavy (non-hydrogen) atoms. The average molecular weight is 324 g/mol. The second-order valence-corrected chi connectivity index (χ2v) is 5.60. The van der Waals surface area contributed by atoms with Crippen LogP contribution in [0, 0.1) is 0 Å². The van der Waals surface area contributed by atoms with Crippen molar-refractivity contribution in [3.63, 3.8) is 0 Å². The summed E-state index contributed by atoms with van der Waals surface area (Å²) in [5.41, 5.74) is 0.499. The Morgan fingerprint density at radius 2 is 1.65 bits per heavy atom. The largest absolute Gasteiger partial charge is 0.352 e. The topological polar surface area (TPSA) is 92.8 Å². The van der Waals surface area contributed by atoms with Crippen LogP contribution in [-0.4, -0.2) is 35.3 Å². The molecule has 1 rings (SSSR count). The minimum absolute atomic E-state index is 0.105. The number of carbonyl (C=O) groups excluding carboxylic acids is 4. The number of imide groups is 1. The minimum Gasteiger partial charge on any atom is -0.352 e. The van der Waals surface area contributed by atoms with Gasteiger partial charge in [-0.3, -0.25) is 14.4 Å². The lowest BCUT2D eigenvalue weighted by atomic mass is 10.1. The molecule has 0 aromatic heterocycles. The zero-order valence-corrected chi connectivity index (χ0v) is 13.6. The number of carbonyl (C=O) groups is 4. The van der Waals surface area contributed by atoms with Crippen molar-refractivity contribution in [1.29, 1.82) is 0 Å². The van der Waals surface area contributed by atoms with Crippen LogP contribution in [0.1, 0.15) is 58.3 Å². The molecule has 128 valence electrons. The van der Waals surface area contributed by atoms with Crippen molar-refractivity contribution >= 4 is 23.7 Å². The molecule has 0 spiro atoms. The quantitative estimate of drug-likeness (QED) is 0.374. The molecule has 7 nitrogen and oxygen atoms in total. The lowest BCUT2D eigenvalue weighted by Gasteiger charge is -2.12.